The molecule has 0 fully saturated rings. The topological polar surface area (TPSA) is 101 Å². The van der Waals surface area contributed by atoms with Gasteiger partial charge in [-0.15, -0.1) is 5.10 Å². The van der Waals surface area contributed by atoms with Crippen molar-refractivity contribution in [3.63, 3.8) is 0 Å². The van der Waals surface area contributed by atoms with E-state index in [2.05, 4.69) is 20.7 Å². The lowest BCUT2D eigenvalue weighted by Crippen LogP contribution is -2.49. The molecule has 9 nitrogen and oxygen atoms in total. The molecule has 1 aromatic heterocycles. The zero-order chi connectivity index (χ0) is 20.8. The summed E-state index contributed by atoms with van der Waals surface area (Å²) in [5, 5.41) is 8.65. The summed E-state index contributed by atoms with van der Waals surface area (Å²) in [6.07, 6.45) is -4.57. The lowest BCUT2D eigenvalue weighted by Gasteiger charge is -2.25. The minimum absolute atomic E-state index is 0.0413. The number of fused-ring (bicyclic) bond motifs is 2. The number of ether oxygens (including phenoxy) is 1. The molecule has 12 heteroatoms. The van der Waals surface area contributed by atoms with Crippen LogP contribution >= 0.6 is 0 Å². The lowest BCUT2D eigenvalue weighted by atomic mass is 10.2. The second-order valence-electron chi connectivity index (χ2n) is 6.65. The Bertz CT molecular complexity index is 960. The van der Waals surface area contributed by atoms with Gasteiger partial charge in [0.25, 0.3) is 11.8 Å². The summed E-state index contributed by atoms with van der Waals surface area (Å²) in [6.45, 7) is 0.0531. The summed E-state index contributed by atoms with van der Waals surface area (Å²) in [4.78, 5) is 30.3. The highest BCUT2D eigenvalue weighted by Gasteiger charge is 2.45. The average Bonchev–Trinajstić information content (AvgIpc) is 3.09. The van der Waals surface area contributed by atoms with Gasteiger partial charge in [0.2, 0.25) is 5.82 Å². The summed E-state index contributed by atoms with van der Waals surface area (Å²) in [5.41, 5.74) is 0.545. The number of halogens is 3. The Morgan fingerprint density at radius 2 is 2.10 bits per heavy atom. The van der Waals surface area contributed by atoms with Crippen LogP contribution in [0, 0.1) is 0 Å². The molecule has 0 radical (unpaired) electrons. The Morgan fingerprint density at radius 1 is 1.34 bits per heavy atom. The van der Waals surface area contributed by atoms with Crippen molar-refractivity contribution in [1.82, 2.24) is 25.4 Å². The fraction of sp³-hybridized carbons (Fsp3) is 0.412. The molecule has 154 valence electrons. The monoisotopic (exact) mass is 410 g/mol. The van der Waals surface area contributed by atoms with E-state index in [4.69, 9.17) is 4.74 Å². The third-order valence-electron chi connectivity index (χ3n) is 4.73. The smallest absolute Gasteiger partial charge is 0.411 e. The molecule has 2 aliphatic rings. The normalized spacial score (nSPS) is 21.7. The lowest BCUT2D eigenvalue weighted by molar-refractivity contribution is -0.162. The van der Waals surface area contributed by atoms with E-state index < -0.39 is 35.9 Å². The maximum absolute atomic E-state index is 13.2. The van der Waals surface area contributed by atoms with E-state index in [1.807, 2.05) is 0 Å². The van der Waals surface area contributed by atoms with Crippen molar-refractivity contribution < 1.29 is 27.5 Å². The molecular formula is C17H17F3N6O3. The fourth-order valence-electron chi connectivity index (χ4n) is 3.28. The van der Waals surface area contributed by atoms with Crippen LogP contribution in [0.3, 0.4) is 0 Å². The molecular weight excluding hydrogens is 393 g/mol. The number of benzene rings is 1. The Morgan fingerprint density at radius 3 is 2.86 bits per heavy atom. The molecule has 2 aliphatic heterocycles. The first-order valence-corrected chi connectivity index (χ1v) is 8.81. The van der Waals surface area contributed by atoms with Crippen LogP contribution in [0.15, 0.2) is 24.3 Å². The number of hydrogen-bond acceptors (Lipinski definition) is 6. The van der Waals surface area contributed by atoms with Crippen LogP contribution in [0.5, 0.6) is 5.75 Å². The van der Waals surface area contributed by atoms with E-state index in [0.717, 1.165) is 4.68 Å². The van der Waals surface area contributed by atoms with Crippen LogP contribution in [-0.4, -0.2) is 59.0 Å². The van der Waals surface area contributed by atoms with Crippen molar-refractivity contribution >= 4 is 17.5 Å². The predicted molar refractivity (Wildman–Crippen MR) is 93.4 cm³/mol. The number of carbonyl (C=O) groups excluding carboxylic acids is 2. The molecule has 2 aromatic rings. The van der Waals surface area contributed by atoms with E-state index in [1.165, 1.54) is 4.90 Å². The van der Waals surface area contributed by atoms with Gasteiger partial charge < -0.3 is 15.0 Å². The molecule has 0 bridgehead atoms. The molecule has 29 heavy (non-hydrogen) atoms. The summed E-state index contributed by atoms with van der Waals surface area (Å²) >= 11 is 0. The molecule has 0 saturated heterocycles. The Balaban J connectivity index is 1.53. The molecule has 0 spiro atoms. The summed E-state index contributed by atoms with van der Waals surface area (Å²) in [6, 6.07) is 3.84. The largest absolute Gasteiger partial charge is 0.489 e. The number of hydrogen-bond donors (Lipinski definition) is 2. The second-order valence-corrected chi connectivity index (χ2v) is 6.65. The van der Waals surface area contributed by atoms with Gasteiger partial charge in [-0.3, -0.25) is 14.9 Å². The number of carbonyl (C=O) groups is 2. The van der Waals surface area contributed by atoms with Gasteiger partial charge in [0.15, 0.2) is 11.9 Å². The van der Waals surface area contributed by atoms with Gasteiger partial charge in [0, 0.05) is 13.6 Å². The van der Waals surface area contributed by atoms with Crippen molar-refractivity contribution in [2.24, 2.45) is 0 Å². The van der Waals surface area contributed by atoms with Gasteiger partial charge >= 0.3 is 6.18 Å². The zero-order valence-electron chi connectivity index (χ0n) is 15.2. The van der Waals surface area contributed by atoms with Gasteiger partial charge in [0.1, 0.15) is 18.4 Å². The van der Waals surface area contributed by atoms with Crippen LogP contribution < -0.4 is 20.3 Å². The molecule has 1 aromatic carbocycles. The number of nitrogens with one attached hydrogen (secondary N) is 2. The van der Waals surface area contributed by atoms with Crippen LogP contribution in [0.4, 0.5) is 18.9 Å². The van der Waals surface area contributed by atoms with E-state index >= 15 is 0 Å². The van der Waals surface area contributed by atoms with Crippen LogP contribution in [0.2, 0.25) is 0 Å². The molecule has 4 rings (SSSR count). The number of anilines is 1. The summed E-state index contributed by atoms with van der Waals surface area (Å²) < 4.78 is 46.1. The fourth-order valence-corrected chi connectivity index (χ4v) is 3.28. The van der Waals surface area contributed by atoms with E-state index in [-0.39, 0.29) is 25.5 Å². The molecule has 1 unspecified atom stereocenters. The maximum atomic E-state index is 13.2. The highest BCUT2D eigenvalue weighted by molar-refractivity contribution is 6.02. The SMILES string of the molecule is CN1C(=O)[C@@H](NC(=O)c2nc3n(n2)CCNC3C(F)(F)F)COc2ccccc21. The van der Waals surface area contributed by atoms with E-state index in [1.54, 1.807) is 31.3 Å². The number of alkyl halides is 3. The summed E-state index contributed by atoms with van der Waals surface area (Å²) in [7, 11) is 1.54. The van der Waals surface area contributed by atoms with Crippen LogP contribution in [0.25, 0.3) is 0 Å². The predicted octanol–water partition coefficient (Wildman–Crippen LogP) is 0.638. The third kappa shape index (κ3) is 3.50. The molecule has 2 atom stereocenters. The maximum Gasteiger partial charge on any atom is 0.411 e. The number of nitrogens with zero attached hydrogens (tertiary/aromatic N) is 4. The Labute approximate surface area is 162 Å². The quantitative estimate of drug-likeness (QED) is 0.754. The molecule has 0 aliphatic carbocycles. The van der Waals surface area contributed by atoms with Crippen molar-refractivity contribution in [3.8, 4) is 5.75 Å². The summed E-state index contributed by atoms with van der Waals surface area (Å²) in [5.74, 6) is -1.62. The van der Waals surface area contributed by atoms with Crippen molar-refractivity contribution in [3.05, 3.63) is 35.9 Å². The van der Waals surface area contributed by atoms with Crippen molar-refractivity contribution in [2.45, 2.75) is 24.8 Å². The van der Waals surface area contributed by atoms with E-state index in [0.29, 0.717) is 11.4 Å². The molecule has 2 amide bonds. The van der Waals surface area contributed by atoms with E-state index in [9.17, 15) is 22.8 Å². The minimum Gasteiger partial charge on any atom is -0.489 e. The highest BCUT2D eigenvalue weighted by Crippen LogP contribution is 2.33. The first kappa shape index (κ1) is 19.2. The standard InChI is InChI=1S/C17H17F3N6O3/c1-25-10-4-2-3-5-11(10)29-8-9(16(25)28)22-15(27)13-23-14-12(17(18,19)20)21-6-7-26(14)24-13/h2-5,9,12,21H,6-8H2,1H3,(H,22,27)/t9-,12?/m0/s1. The number of aromatic nitrogens is 3. The first-order chi connectivity index (χ1) is 13.8. The molecule has 3 heterocycles. The number of rotatable bonds is 2. The van der Waals surface area contributed by atoms with Gasteiger partial charge in [-0.2, -0.15) is 13.2 Å². The van der Waals surface area contributed by atoms with Gasteiger partial charge in [-0.1, -0.05) is 12.1 Å². The van der Waals surface area contributed by atoms with Crippen LogP contribution in [0.1, 0.15) is 22.5 Å². The van der Waals surface area contributed by atoms with Crippen molar-refractivity contribution in [2.75, 3.05) is 25.1 Å². The van der Waals surface area contributed by atoms with Gasteiger partial charge in [0.05, 0.1) is 12.2 Å². The Kier molecular flexibility index (Phi) is 4.65. The van der Waals surface area contributed by atoms with Gasteiger partial charge in [-0.05, 0) is 12.1 Å². The zero-order valence-corrected chi connectivity index (χ0v) is 15.2. The second kappa shape index (κ2) is 7.03. The van der Waals surface area contributed by atoms with Crippen LogP contribution in [-0.2, 0) is 11.3 Å². The Hall–Kier alpha value is -3.15. The van der Waals surface area contributed by atoms with Crippen molar-refractivity contribution in [1.29, 1.82) is 0 Å². The number of likely N-dealkylation sites (N-methyl/N-ethyl adjacent to an activating group) is 1. The number of amides is 2. The first-order valence-electron chi connectivity index (χ1n) is 8.81. The molecule has 0 saturated carbocycles. The molecule has 2 N–H and O–H groups in total. The number of para-hydroxylation sites is 2. The minimum atomic E-state index is -4.57. The highest BCUT2D eigenvalue weighted by atomic mass is 19.4. The van der Waals surface area contributed by atoms with Gasteiger partial charge in [-0.25, -0.2) is 9.67 Å². The average molecular weight is 410 g/mol. The third-order valence-corrected chi connectivity index (χ3v) is 4.73.